The van der Waals surface area contributed by atoms with Gasteiger partial charge in [0.05, 0.1) is 0 Å². The second kappa shape index (κ2) is 8.79. The summed E-state index contributed by atoms with van der Waals surface area (Å²) in [6.07, 6.45) is -1.85. The van der Waals surface area contributed by atoms with E-state index in [1.165, 1.54) is 0 Å². The zero-order valence-corrected chi connectivity index (χ0v) is 16.6. The summed E-state index contributed by atoms with van der Waals surface area (Å²) in [7, 11) is -3.84. The number of carbonyl (C=O) groups is 1. The van der Waals surface area contributed by atoms with Crippen molar-refractivity contribution in [2.75, 3.05) is 0 Å². The minimum absolute atomic E-state index is 0.514. The molecule has 0 spiro atoms. The van der Waals surface area contributed by atoms with Crippen molar-refractivity contribution >= 4 is 29.1 Å². The summed E-state index contributed by atoms with van der Waals surface area (Å²) < 4.78 is 46.4. The summed E-state index contributed by atoms with van der Waals surface area (Å²) in [5.74, 6) is -7.71. The molecule has 1 N–H and O–H groups in total. The van der Waals surface area contributed by atoms with Gasteiger partial charge in [-0.3, -0.25) is 0 Å². The fraction of sp³-hybridized carbons (Fsp3) is 0.174. The van der Waals surface area contributed by atoms with Gasteiger partial charge in [-0.15, -0.1) is 0 Å². The van der Waals surface area contributed by atoms with Gasteiger partial charge in [-0.1, -0.05) is 0 Å². The monoisotopic (exact) mass is 418 g/mol. The van der Waals surface area contributed by atoms with E-state index in [1.807, 2.05) is 0 Å². The van der Waals surface area contributed by atoms with E-state index < -0.39 is 37.9 Å². The van der Waals surface area contributed by atoms with Gasteiger partial charge in [0.2, 0.25) is 0 Å². The van der Waals surface area contributed by atoms with Crippen molar-refractivity contribution in [3.05, 3.63) is 91.0 Å². The molecule has 0 amide bonds. The number of hydrogen-bond acceptors (Lipinski definition) is 1. The molecule has 1 atom stereocenters. The average Bonchev–Trinajstić information content (AvgIpc) is 2.75. The van der Waals surface area contributed by atoms with Crippen LogP contribution in [0.5, 0.6) is 0 Å². The van der Waals surface area contributed by atoms with Crippen LogP contribution in [0.3, 0.4) is 0 Å². The van der Waals surface area contributed by atoms with E-state index in [9.17, 15) is 4.79 Å². The maximum absolute atomic E-state index is 16.1. The van der Waals surface area contributed by atoms with E-state index >= 15 is 13.2 Å². The summed E-state index contributed by atoms with van der Waals surface area (Å²) in [6, 6.07) is 25.7. The van der Waals surface area contributed by atoms with Crippen LogP contribution in [0, 0.1) is 0 Å². The Labute approximate surface area is 168 Å². The van der Waals surface area contributed by atoms with E-state index in [1.54, 1.807) is 91.0 Å². The van der Waals surface area contributed by atoms with Crippen molar-refractivity contribution < 1.29 is 23.1 Å². The van der Waals surface area contributed by atoms with Gasteiger partial charge in [0.15, 0.2) is 0 Å². The van der Waals surface area contributed by atoms with Crippen LogP contribution in [-0.4, -0.2) is 22.9 Å². The van der Waals surface area contributed by atoms with Crippen molar-refractivity contribution in [1.82, 2.24) is 0 Å². The first-order valence-corrected chi connectivity index (χ1v) is 11.4. The molecular formula is C23H22F3O2P. The molecule has 3 rings (SSSR count). The number of aliphatic carboxylic acids is 1. The predicted octanol–water partition coefficient (Wildman–Crippen LogP) is 4.51. The van der Waals surface area contributed by atoms with Crippen LogP contribution in [0.2, 0.25) is 0 Å². The number of alkyl halides is 3. The van der Waals surface area contributed by atoms with Crippen LogP contribution in [0.1, 0.15) is 12.8 Å². The molecule has 0 aliphatic carbocycles. The van der Waals surface area contributed by atoms with Gasteiger partial charge in [0.25, 0.3) is 0 Å². The van der Waals surface area contributed by atoms with Crippen molar-refractivity contribution in [3.8, 4) is 0 Å². The first-order chi connectivity index (χ1) is 13.9. The number of carboxylic acids is 1. The van der Waals surface area contributed by atoms with Crippen LogP contribution in [0.25, 0.3) is 0 Å². The van der Waals surface area contributed by atoms with Gasteiger partial charge in [-0.2, -0.15) is 0 Å². The Balaban J connectivity index is 2.29. The molecule has 0 aliphatic heterocycles. The summed E-state index contributed by atoms with van der Waals surface area (Å²) in [5.41, 5.74) is 0. The second-order valence-corrected chi connectivity index (χ2v) is 10.8. The Bertz CT molecular complexity index is 837. The predicted molar refractivity (Wildman–Crippen MR) is 113 cm³/mol. The Morgan fingerprint density at radius 3 is 1.45 bits per heavy atom. The van der Waals surface area contributed by atoms with E-state index in [-0.39, 0.29) is 0 Å². The maximum atomic E-state index is 16.1. The topological polar surface area (TPSA) is 37.3 Å². The summed E-state index contributed by atoms with van der Waals surface area (Å²) >= 11 is 0. The van der Waals surface area contributed by atoms with Crippen molar-refractivity contribution in [1.29, 1.82) is 0 Å². The minimum atomic E-state index is -3.84. The summed E-state index contributed by atoms with van der Waals surface area (Å²) in [5, 5.41) is 10.4. The number of carboxylic acid groups (broad SMARTS) is 1. The number of benzene rings is 3. The third kappa shape index (κ3) is 4.20. The molecule has 0 radical (unpaired) electrons. The number of rotatable bonds is 8. The van der Waals surface area contributed by atoms with E-state index in [0.717, 1.165) is 0 Å². The third-order valence-electron chi connectivity index (χ3n) is 5.11. The standard InChI is InChI=1S/C23H22F3O2P/c24-22(23(25,26)17-16-21(27)28)29(18-10-4-1-5-11-18,19-12-6-2-7-13-19)20-14-8-3-9-15-20/h1-15,22,29H,16-17H2,(H,27,28). The molecule has 1 unspecified atom stereocenters. The van der Waals surface area contributed by atoms with Crippen LogP contribution in [0.15, 0.2) is 91.0 Å². The molecule has 0 aromatic heterocycles. The van der Waals surface area contributed by atoms with Gasteiger partial charge < -0.3 is 0 Å². The molecule has 152 valence electrons. The molecule has 0 heterocycles. The quantitative estimate of drug-likeness (QED) is 0.547. The Hall–Kier alpha value is -2.65. The van der Waals surface area contributed by atoms with Gasteiger partial charge in [0.1, 0.15) is 0 Å². The molecule has 3 aromatic carbocycles. The average molecular weight is 418 g/mol. The zero-order valence-electron chi connectivity index (χ0n) is 15.6. The van der Waals surface area contributed by atoms with Crippen molar-refractivity contribution in [2.24, 2.45) is 0 Å². The normalized spacial score (nSPS) is 13.6. The molecule has 0 aliphatic rings. The summed E-state index contributed by atoms with van der Waals surface area (Å²) in [6.45, 7) is 0. The van der Waals surface area contributed by atoms with Gasteiger partial charge in [0, 0.05) is 0 Å². The molecule has 0 bridgehead atoms. The first-order valence-electron chi connectivity index (χ1n) is 9.29. The van der Waals surface area contributed by atoms with Crippen LogP contribution < -0.4 is 15.9 Å². The molecule has 0 saturated heterocycles. The molecule has 0 saturated carbocycles. The fourth-order valence-corrected chi connectivity index (χ4v) is 8.57. The molecule has 6 heteroatoms. The van der Waals surface area contributed by atoms with Gasteiger partial charge in [-0.25, -0.2) is 0 Å². The van der Waals surface area contributed by atoms with E-state index in [4.69, 9.17) is 5.11 Å². The zero-order chi connectivity index (χ0) is 20.9. The van der Waals surface area contributed by atoms with Crippen molar-refractivity contribution in [3.63, 3.8) is 0 Å². The number of halogens is 3. The number of hydrogen-bond donors (Lipinski definition) is 1. The Morgan fingerprint density at radius 2 is 1.14 bits per heavy atom. The van der Waals surface area contributed by atoms with E-state index in [0.29, 0.717) is 15.9 Å². The molecule has 3 aromatic rings. The second-order valence-electron chi connectivity index (χ2n) is 6.92. The Morgan fingerprint density at radius 1 is 0.793 bits per heavy atom. The van der Waals surface area contributed by atoms with E-state index in [2.05, 4.69) is 0 Å². The van der Waals surface area contributed by atoms with Crippen LogP contribution in [0.4, 0.5) is 13.2 Å². The van der Waals surface area contributed by atoms with Crippen molar-refractivity contribution in [2.45, 2.75) is 24.7 Å². The first kappa shape index (κ1) is 21.1. The molecular weight excluding hydrogens is 396 g/mol. The molecule has 29 heavy (non-hydrogen) atoms. The molecule has 0 fully saturated rings. The van der Waals surface area contributed by atoms with Gasteiger partial charge >= 0.3 is 168 Å². The fourth-order valence-electron chi connectivity index (χ4n) is 3.76. The van der Waals surface area contributed by atoms with Gasteiger partial charge in [-0.05, 0) is 0 Å². The summed E-state index contributed by atoms with van der Waals surface area (Å²) in [4.78, 5) is 10.9. The van der Waals surface area contributed by atoms with Crippen LogP contribution in [-0.2, 0) is 4.79 Å². The molecule has 2 nitrogen and oxygen atoms in total. The van der Waals surface area contributed by atoms with Crippen LogP contribution >= 0.6 is 7.26 Å². The Kier molecular flexibility index (Phi) is 6.39. The third-order valence-corrected chi connectivity index (χ3v) is 10.0. The SMILES string of the molecule is O=C(O)CCC(F)(F)C(F)[PH](c1ccccc1)(c1ccccc1)c1ccccc1.